The molecule has 0 spiro atoms. The quantitative estimate of drug-likeness (QED) is 0.00978. The van der Waals surface area contributed by atoms with Gasteiger partial charge in [-0.05, 0) is 232 Å². The van der Waals surface area contributed by atoms with Gasteiger partial charge in [-0.1, -0.05) is 0 Å². The van der Waals surface area contributed by atoms with Crippen LogP contribution in [-0.4, -0.2) is 348 Å². The summed E-state index contributed by atoms with van der Waals surface area (Å²) in [6.07, 6.45) is -7.33. The second-order valence-corrected chi connectivity index (χ2v) is 40.9. The summed E-state index contributed by atoms with van der Waals surface area (Å²) < 4.78 is 118. The van der Waals surface area contributed by atoms with E-state index in [0.29, 0.717) is 88.6 Å². The summed E-state index contributed by atoms with van der Waals surface area (Å²) in [6.45, 7) is 28.4. The molecule has 20 atom stereocenters. The normalized spacial score (nSPS) is 20.3. The predicted octanol–water partition coefficient (Wildman–Crippen LogP) is 9.29. The third kappa shape index (κ3) is 27.4. The number of aromatic amines is 4. The van der Waals surface area contributed by atoms with Crippen molar-refractivity contribution in [2.24, 2.45) is 0 Å². The third-order valence-electron chi connectivity index (χ3n) is 28.5. The fraction of sp³-hybridized carbons (Fsp3) is 0.566. The number of likely N-dealkylation sites (tertiary alicyclic amines) is 4. The molecule has 4 aliphatic heterocycles. The maximum Gasteiger partial charge on any atom is 0.410 e. The first-order valence-corrected chi connectivity index (χ1v) is 50.3. The van der Waals surface area contributed by atoms with Crippen LogP contribution in [-0.2, 0) is 131 Å². The summed E-state index contributed by atoms with van der Waals surface area (Å²) in [7, 11) is 11.6. The zero-order chi connectivity index (χ0) is 111. The summed E-state index contributed by atoms with van der Waals surface area (Å²) in [4.78, 5) is 213. The number of rotatable bonds is 38. The highest BCUT2D eigenvalue weighted by Crippen LogP contribution is 2.45. The van der Waals surface area contributed by atoms with Crippen molar-refractivity contribution in [2.75, 3.05) is 82.8 Å². The highest BCUT2D eigenvalue weighted by molar-refractivity contribution is 6.01. The van der Waals surface area contributed by atoms with Crippen molar-refractivity contribution < 1.29 is 132 Å². The van der Waals surface area contributed by atoms with E-state index in [2.05, 4.69) is 51.8 Å². The first kappa shape index (κ1) is 117. The molecule has 150 heavy (non-hydrogen) atoms. The number of amides is 10. The Kier molecular flexibility index (Phi) is 38.7. The maximum atomic E-state index is 15.3. The van der Waals surface area contributed by atoms with Gasteiger partial charge in [-0.25, -0.2) is 27.2 Å². The van der Waals surface area contributed by atoms with Gasteiger partial charge in [0, 0.05) is 166 Å². The van der Waals surface area contributed by atoms with Crippen molar-refractivity contribution in [3.63, 3.8) is 0 Å². The fourth-order valence-electron chi connectivity index (χ4n) is 19.7. The van der Waals surface area contributed by atoms with Crippen LogP contribution < -0.4 is 31.9 Å². The molecule has 8 aromatic rings. The van der Waals surface area contributed by atoms with Crippen LogP contribution in [0.5, 0.6) is 0 Å². The van der Waals surface area contributed by atoms with E-state index in [1.807, 2.05) is 0 Å². The summed E-state index contributed by atoms with van der Waals surface area (Å²) >= 11 is 0. The number of ether oxygens (including phenoxy) is 10. The Morgan fingerprint density at radius 1 is 0.353 bits per heavy atom. The summed E-state index contributed by atoms with van der Waals surface area (Å²) in [5, 5.41) is 19.1. The van der Waals surface area contributed by atoms with E-state index in [1.165, 1.54) is 142 Å². The van der Waals surface area contributed by atoms with Gasteiger partial charge in [0.2, 0.25) is 47.3 Å². The lowest BCUT2D eigenvalue weighted by molar-refractivity contribution is -0.150. The molecule has 12 rings (SSSR count). The molecule has 4 aromatic carbocycles. The number of halogens is 4. The minimum atomic E-state index is -1.32. The van der Waals surface area contributed by atoms with Crippen LogP contribution >= 0.6 is 0 Å². The smallest absolute Gasteiger partial charge is 0.410 e. The molecule has 0 saturated carbocycles. The first-order valence-electron chi connectivity index (χ1n) is 50.3. The Balaban J connectivity index is 0.000000289. The number of likely N-dealkylation sites (N-methyl/N-ethyl adjacent to an activating group) is 4. The molecule has 4 fully saturated rings. The lowest BCUT2D eigenvalue weighted by atomic mass is 9.93. The van der Waals surface area contributed by atoms with Gasteiger partial charge >= 0.3 is 36.1 Å². The van der Waals surface area contributed by atoms with Crippen molar-refractivity contribution in [3.8, 4) is 22.8 Å². The third-order valence-corrected chi connectivity index (χ3v) is 28.5. The molecule has 10 amide bonds. The number of carbonyl (C=O) groups excluding carboxylic acids is 14. The maximum absolute atomic E-state index is 15.3. The van der Waals surface area contributed by atoms with E-state index in [1.54, 1.807) is 131 Å². The van der Waals surface area contributed by atoms with Crippen molar-refractivity contribution in [3.05, 3.63) is 118 Å². The number of nitrogens with one attached hydrogen (secondary N) is 10. The summed E-state index contributed by atoms with van der Waals surface area (Å²) in [5.74, 6) is -8.95. The summed E-state index contributed by atoms with van der Waals surface area (Å²) in [6, 6.07) is 4.92. The average molecular weight is 2100 g/mol. The number of fused-ring (bicyclic) bond motifs is 4. The van der Waals surface area contributed by atoms with Crippen LogP contribution in [0, 0.1) is 23.3 Å². The number of carbonyl (C=O) groups is 14. The van der Waals surface area contributed by atoms with E-state index in [-0.39, 0.29) is 77.5 Å². The van der Waals surface area contributed by atoms with Gasteiger partial charge in [0.05, 0.1) is 83.4 Å². The van der Waals surface area contributed by atoms with Gasteiger partial charge in [-0.3, -0.25) is 67.3 Å². The number of nitrogens with zero attached hydrogens (tertiary/aromatic N) is 6. The van der Waals surface area contributed by atoms with Gasteiger partial charge in [0.15, 0.2) is 0 Å². The Labute approximate surface area is 868 Å². The molecule has 0 radical (unpaired) electrons. The van der Waals surface area contributed by atoms with E-state index < -0.39 is 239 Å². The molecule has 40 nitrogen and oxygen atoms in total. The standard InChI is InChI=1S/C58H80F2N8O14.C48H64F2N8O10/c1-29(65(13)55(75)81-57(7,8)9)51(71)63-47(31(3)77-15)53(73)67-23-21-45(79-33(5)69)43(67)27-39-37-19-17-35(59)25-41(37)61-49(39)50-40(38-20-18-36(60)26-42(38)62-50)28-44-46(80-34(6)70)22-24-68(44)54(74)48(32(4)78-16)64-52(72)30(2)66(14)56(76)82-58(10,11)12;1-23(51-7)45(61)55-41(25(3)65-9)47(63)57-17-15-39(67-27(5)59)37(57)21-33-31-13-11-29(49)19-35(31)53-43(33)44-34(32-14-12-30(50)20-36(32)54-44)22-38-40(68-28(6)60)16-18-58(38)48(64)42(26(4)66-10)56-46(62)24(2)52-8/h17-20,25-26,29-32,43-48,61-62H,21-24,27-28H2,1-16H3,(H,63,71)(H,64,72);11-14,19-20,23-26,37-42,51-54H,15-18,21-22H2,1-10H3,(H,55,61)(H,56,62)/t29-,30-,31+,32+,43+,44+,45-,46-,47-,48-;23-,24-,25+,26+,37+,38+,39-,40-,41-,42-/m00/s1. The highest BCUT2D eigenvalue weighted by Gasteiger charge is 2.51. The van der Waals surface area contributed by atoms with Crippen LogP contribution in [0.25, 0.3) is 66.4 Å². The zero-order valence-electron chi connectivity index (χ0n) is 90.0. The van der Waals surface area contributed by atoms with Crippen molar-refractivity contribution >= 4 is 127 Å². The van der Waals surface area contributed by atoms with Gasteiger partial charge in [0.25, 0.3) is 0 Å². The Bertz CT molecular complexity index is 5920. The largest absolute Gasteiger partial charge is 0.460 e. The molecule has 4 saturated heterocycles. The molecule has 0 bridgehead atoms. The minimum absolute atomic E-state index is 0.0461. The van der Waals surface area contributed by atoms with E-state index in [4.69, 9.17) is 47.4 Å². The number of hydrogen-bond acceptors (Lipinski definition) is 26. The molecule has 44 heteroatoms. The van der Waals surface area contributed by atoms with Gasteiger partial charge in [-0.2, -0.15) is 0 Å². The Morgan fingerprint density at radius 3 is 0.747 bits per heavy atom. The Hall–Kier alpha value is -13.3. The SMILES string of the molecule is CN[C@@H](C)C(=O)N[C@H](C(=O)N1CC[C@H](OC(C)=O)[C@H]1Cc1c(-c2[nH]c3cc(F)ccc3c2C[C@@H]2[C@@H](OC(C)=O)CCN2C(=O)[C@@H](NC(=O)[C@H](C)NC)[C@@H](C)OC)[nH]c2cc(F)ccc12)[C@@H](C)OC.CO[C@H](C)[C@H](NC(=O)[C@H](C)N(C)C(=O)OC(C)(C)C)C(=O)N1CC[C@H](OC(C)=O)[C@H]1Cc1c(-c2[nH]c3cc(F)ccc3c2C[C@@H]2[C@@H](OC(C)=O)CCN2C(=O)[C@@H](NC(=O)[C@H](C)N(C)C(=O)OC(C)(C)C)[C@@H](C)OC)[nH]c2cc(F)ccc12. The average Bonchev–Trinajstić information content (AvgIpc) is 1.59. The zero-order valence-corrected chi connectivity index (χ0v) is 90.0. The number of hydrogen-bond donors (Lipinski definition) is 10. The first-order chi connectivity index (χ1) is 70.6. The minimum Gasteiger partial charge on any atom is -0.460 e. The second-order valence-electron chi connectivity index (χ2n) is 40.9. The molecule has 820 valence electrons. The van der Waals surface area contributed by atoms with Gasteiger partial charge in [0.1, 0.15) is 95.1 Å². The molecule has 4 aliphatic rings. The van der Waals surface area contributed by atoms with Crippen molar-refractivity contribution in [2.45, 2.75) is 309 Å². The van der Waals surface area contributed by atoms with Crippen LogP contribution in [0.3, 0.4) is 0 Å². The topological polar surface area (TPSA) is 486 Å². The second kappa shape index (κ2) is 49.6. The molecule has 4 aromatic heterocycles. The van der Waals surface area contributed by atoms with Crippen LogP contribution in [0.15, 0.2) is 72.8 Å². The highest BCUT2D eigenvalue weighted by atomic mass is 19.1. The van der Waals surface area contributed by atoms with Gasteiger partial charge < -0.3 is 119 Å². The molecule has 10 N–H and O–H groups in total. The lowest BCUT2D eigenvalue weighted by Crippen LogP contribution is -2.59. The summed E-state index contributed by atoms with van der Waals surface area (Å²) in [5.41, 5.74) is 3.54. The molecule has 0 aliphatic carbocycles. The number of H-pyrrole nitrogens is 4. The van der Waals surface area contributed by atoms with E-state index in [0.717, 1.165) is 9.80 Å². The monoisotopic (exact) mass is 2100 g/mol. The number of esters is 4. The molecular weight excluding hydrogens is 1960 g/mol. The molecular formula is C106H144F4N16O24. The Morgan fingerprint density at radius 2 is 0.560 bits per heavy atom. The van der Waals surface area contributed by atoms with Crippen LogP contribution in [0.1, 0.15) is 173 Å². The van der Waals surface area contributed by atoms with Crippen molar-refractivity contribution in [1.82, 2.24) is 81.2 Å². The van der Waals surface area contributed by atoms with Crippen LogP contribution in [0.4, 0.5) is 27.2 Å². The molecule has 8 heterocycles. The number of methoxy groups -OCH3 is 4. The number of aromatic nitrogens is 4. The molecule has 0 unspecified atom stereocenters. The van der Waals surface area contributed by atoms with E-state index in [9.17, 15) is 57.5 Å². The number of benzene rings is 4. The fourth-order valence-corrected chi connectivity index (χ4v) is 19.7. The van der Waals surface area contributed by atoms with Gasteiger partial charge in [-0.15, -0.1) is 0 Å². The lowest BCUT2D eigenvalue weighted by Gasteiger charge is -2.34. The predicted molar refractivity (Wildman–Crippen MR) is 546 cm³/mol. The van der Waals surface area contributed by atoms with Crippen LogP contribution in [0.2, 0.25) is 0 Å². The van der Waals surface area contributed by atoms with Crippen molar-refractivity contribution in [1.29, 1.82) is 0 Å². The van der Waals surface area contributed by atoms with E-state index >= 15 is 27.2 Å².